The number of carboxylic acid groups (broad SMARTS) is 1. The number of carbonyl (C=O) groups is 2. The smallest absolute Gasteiger partial charge is 0.325 e. The number of benzene rings is 1. The summed E-state index contributed by atoms with van der Waals surface area (Å²) in [5.74, 6) is -1.03. The molecule has 0 saturated carbocycles. The van der Waals surface area contributed by atoms with E-state index < -0.39 is 5.97 Å². The molecular formula is C15H20N2O4. The zero-order valence-corrected chi connectivity index (χ0v) is 12.1. The average molecular weight is 292 g/mol. The van der Waals surface area contributed by atoms with E-state index in [1.807, 2.05) is 6.07 Å². The topological polar surface area (TPSA) is 70.1 Å². The number of rotatable bonds is 4. The van der Waals surface area contributed by atoms with Crippen molar-refractivity contribution < 1.29 is 19.4 Å². The maximum Gasteiger partial charge on any atom is 0.325 e. The third kappa shape index (κ3) is 3.95. The van der Waals surface area contributed by atoms with Crippen LogP contribution in [-0.2, 0) is 9.53 Å². The van der Waals surface area contributed by atoms with Crippen molar-refractivity contribution in [2.45, 2.75) is 18.9 Å². The van der Waals surface area contributed by atoms with Gasteiger partial charge >= 0.3 is 12.0 Å². The van der Waals surface area contributed by atoms with Gasteiger partial charge in [-0.15, -0.1) is 0 Å². The molecule has 1 aromatic carbocycles. The van der Waals surface area contributed by atoms with Crippen molar-refractivity contribution in [1.82, 2.24) is 4.90 Å². The van der Waals surface area contributed by atoms with Gasteiger partial charge in [-0.25, -0.2) is 4.79 Å². The van der Waals surface area contributed by atoms with Crippen LogP contribution in [0.4, 0.5) is 10.5 Å². The summed E-state index contributed by atoms with van der Waals surface area (Å²) in [6.45, 7) is 0.912. The lowest BCUT2D eigenvalue weighted by Gasteiger charge is -2.34. The SMILES string of the molecule is CN(C(=O)N(CC(=O)O)c1ccccc1)C1CCOCC1. The fraction of sp³-hybridized carbons (Fsp3) is 0.467. The van der Waals surface area contributed by atoms with Crippen LogP contribution < -0.4 is 4.90 Å². The second-order valence-corrected chi connectivity index (χ2v) is 5.05. The molecule has 1 aliphatic heterocycles. The highest BCUT2D eigenvalue weighted by molar-refractivity contribution is 5.96. The number of carbonyl (C=O) groups excluding carboxylic acids is 1. The van der Waals surface area contributed by atoms with E-state index in [2.05, 4.69) is 0 Å². The second kappa shape index (κ2) is 7.08. The fourth-order valence-corrected chi connectivity index (χ4v) is 2.43. The Labute approximate surface area is 123 Å². The minimum atomic E-state index is -1.03. The van der Waals surface area contributed by atoms with E-state index >= 15 is 0 Å². The van der Waals surface area contributed by atoms with Gasteiger partial charge in [0.25, 0.3) is 0 Å². The van der Waals surface area contributed by atoms with Crippen molar-refractivity contribution in [3.8, 4) is 0 Å². The molecule has 114 valence electrons. The Morgan fingerprint density at radius 2 is 1.86 bits per heavy atom. The molecule has 2 amide bonds. The molecule has 1 aromatic rings. The minimum absolute atomic E-state index is 0.0891. The van der Waals surface area contributed by atoms with Crippen molar-refractivity contribution in [3.63, 3.8) is 0 Å². The summed E-state index contributed by atoms with van der Waals surface area (Å²) in [4.78, 5) is 26.6. The van der Waals surface area contributed by atoms with Gasteiger partial charge in [0, 0.05) is 32.0 Å². The largest absolute Gasteiger partial charge is 0.480 e. The average Bonchev–Trinajstić information content (AvgIpc) is 2.53. The van der Waals surface area contributed by atoms with Gasteiger partial charge in [0.05, 0.1) is 0 Å². The Hall–Kier alpha value is -2.08. The monoisotopic (exact) mass is 292 g/mol. The third-order valence-corrected chi connectivity index (χ3v) is 3.63. The molecule has 0 aliphatic carbocycles. The molecule has 0 atom stereocenters. The van der Waals surface area contributed by atoms with E-state index in [4.69, 9.17) is 9.84 Å². The van der Waals surface area contributed by atoms with Gasteiger partial charge in [-0.05, 0) is 25.0 Å². The van der Waals surface area contributed by atoms with Gasteiger partial charge in [-0.2, -0.15) is 0 Å². The summed E-state index contributed by atoms with van der Waals surface area (Å²) in [5, 5.41) is 9.05. The molecule has 6 nitrogen and oxygen atoms in total. The number of aliphatic carboxylic acids is 1. The van der Waals surface area contributed by atoms with E-state index in [9.17, 15) is 9.59 Å². The van der Waals surface area contributed by atoms with E-state index in [-0.39, 0.29) is 18.6 Å². The molecule has 0 spiro atoms. The summed E-state index contributed by atoms with van der Waals surface area (Å²) in [5.41, 5.74) is 0.587. The van der Waals surface area contributed by atoms with E-state index in [0.29, 0.717) is 18.9 Å². The molecule has 2 rings (SSSR count). The van der Waals surface area contributed by atoms with Gasteiger partial charge in [0.15, 0.2) is 0 Å². The first-order valence-electron chi connectivity index (χ1n) is 6.98. The molecule has 1 aliphatic rings. The standard InChI is InChI=1S/C15H20N2O4/c1-16(12-7-9-21-10-8-12)15(20)17(11-14(18)19)13-5-3-2-4-6-13/h2-6,12H,7-11H2,1H3,(H,18,19). The molecule has 0 aromatic heterocycles. The summed E-state index contributed by atoms with van der Waals surface area (Å²) >= 11 is 0. The summed E-state index contributed by atoms with van der Waals surface area (Å²) in [6.07, 6.45) is 1.55. The first kappa shape index (κ1) is 15.3. The van der Waals surface area contributed by atoms with Crippen LogP contribution in [-0.4, -0.2) is 54.9 Å². The van der Waals surface area contributed by atoms with Crippen LogP contribution in [0, 0.1) is 0 Å². The van der Waals surface area contributed by atoms with Crippen LogP contribution in [0.2, 0.25) is 0 Å². The molecule has 21 heavy (non-hydrogen) atoms. The number of carboxylic acids is 1. The van der Waals surface area contributed by atoms with Crippen LogP contribution in [0.15, 0.2) is 30.3 Å². The van der Waals surface area contributed by atoms with Gasteiger partial charge in [-0.1, -0.05) is 18.2 Å². The van der Waals surface area contributed by atoms with Crippen LogP contribution in [0.1, 0.15) is 12.8 Å². The van der Waals surface area contributed by atoms with Gasteiger partial charge in [-0.3, -0.25) is 9.69 Å². The number of amides is 2. The van der Waals surface area contributed by atoms with Crippen molar-refractivity contribution in [3.05, 3.63) is 30.3 Å². The third-order valence-electron chi connectivity index (χ3n) is 3.63. The van der Waals surface area contributed by atoms with Crippen LogP contribution >= 0.6 is 0 Å². The molecule has 0 bridgehead atoms. The number of urea groups is 1. The van der Waals surface area contributed by atoms with Crippen LogP contribution in [0.25, 0.3) is 0 Å². The van der Waals surface area contributed by atoms with E-state index in [0.717, 1.165) is 12.8 Å². The Balaban J connectivity index is 2.15. The quantitative estimate of drug-likeness (QED) is 0.918. The lowest BCUT2D eigenvalue weighted by atomic mass is 10.1. The Bertz CT molecular complexity index is 486. The predicted octanol–water partition coefficient (Wildman–Crippen LogP) is 1.81. The van der Waals surface area contributed by atoms with E-state index in [1.54, 1.807) is 36.2 Å². The summed E-state index contributed by atoms with van der Waals surface area (Å²) in [6, 6.07) is 8.66. The maximum absolute atomic E-state index is 12.6. The maximum atomic E-state index is 12.6. The first-order valence-corrected chi connectivity index (χ1v) is 6.98. The molecule has 1 saturated heterocycles. The minimum Gasteiger partial charge on any atom is -0.480 e. The highest BCUT2D eigenvalue weighted by atomic mass is 16.5. The van der Waals surface area contributed by atoms with Crippen molar-refractivity contribution in [1.29, 1.82) is 0 Å². The van der Waals surface area contributed by atoms with Gasteiger partial charge in [0.1, 0.15) is 6.54 Å². The zero-order valence-electron chi connectivity index (χ0n) is 12.1. The molecule has 6 heteroatoms. The molecular weight excluding hydrogens is 272 g/mol. The molecule has 0 radical (unpaired) electrons. The number of anilines is 1. The van der Waals surface area contributed by atoms with Gasteiger partial charge < -0.3 is 14.7 Å². The molecule has 1 heterocycles. The zero-order chi connectivity index (χ0) is 15.2. The molecule has 1 N–H and O–H groups in total. The van der Waals surface area contributed by atoms with Crippen LogP contribution in [0.5, 0.6) is 0 Å². The number of nitrogens with zero attached hydrogens (tertiary/aromatic N) is 2. The fourth-order valence-electron chi connectivity index (χ4n) is 2.43. The Morgan fingerprint density at radius 3 is 2.43 bits per heavy atom. The summed E-state index contributed by atoms with van der Waals surface area (Å²) < 4.78 is 5.29. The normalized spacial score (nSPS) is 15.5. The van der Waals surface area contributed by atoms with E-state index in [1.165, 1.54) is 4.90 Å². The first-order chi connectivity index (χ1) is 10.1. The Morgan fingerprint density at radius 1 is 1.24 bits per heavy atom. The second-order valence-electron chi connectivity index (χ2n) is 5.05. The number of para-hydroxylation sites is 1. The number of ether oxygens (including phenoxy) is 1. The van der Waals surface area contributed by atoms with Crippen molar-refractivity contribution in [2.24, 2.45) is 0 Å². The Kier molecular flexibility index (Phi) is 5.16. The highest BCUT2D eigenvalue weighted by Gasteiger charge is 2.28. The number of hydrogen-bond donors (Lipinski definition) is 1. The summed E-state index contributed by atoms with van der Waals surface area (Å²) in [7, 11) is 1.72. The molecule has 0 unspecified atom stereocenters. The van der Waals surface area contributed by atoms with Crippen molar-refractivity contribution in [2.75, 3.05) is 31.7 Å². The highest BCUT2D eigenvalue weighted by Crippen LogP contribution is 2.19. The number of hydrogen-bond acceptors (Lipinski definition) is 3. The lowest BCUT2D eigenvalue weighted by Crippen LogP contribution is -2.49. The van der Waals surface area contributed by atoms with Crippen LogP contribution in [0.3, 0.4) is 0 Å². The molecule has 1 fully saturated rings. The lowest BCUT2D eigenvalue weighted by molar-refractivity contribution is -0.135. The van der Waals surface area contributed by atoms with Crippen molar-refractivity contribution >= 4 is 17.7 Å². The van der Waals surface area contributed by atoms with Gasteiger partial charge in [0.2, 0.25) is 0 Å². The predicted molar refractivity (Wildman–Crippen MR) is 78.4 cm³/mol.